The third-order valence-electron chi connectivity index (χ3n) is 1.84. The highest BCUT2D eigenvalue weighted by molar-refractivity contribution is 7.72. The zero-order chi connectivity index (χ0) is 16.2. The van der Waals surface area contributed by atoms with E-state index >= 15 is 0 Å². The Morgan fingerprint density at radius 3 is 1.55 bits per heavy atom. The topological polar surface area (TPSA) is 114 Å². The van der Waals surface area contributed by atoms with Crippen molar-refractivity contribution in [3.05, 3.63) is 0 Å². The Morgan fingerprint density at radius 2 is 1.15 bits per heavy atom. The van der Waals surface area contributed by atoms with Gasteiger partial charge in [0.25, 0.3) is 0 Å². The molecule has 0 radical (unpaired) electrons. The molecule has 0 aliphatic heterocycles. The lowest BCUT2D eigenvalue weighted by Gasteiger charge is -2.22. The maximum atomic E-state index is 12.0. The molecule has 0 N–H and O–H groups in total. The molecule has 4 unspecified atom stereocenters. The molecule has 122 valence electrons. The van der Waals surface area contributed by atoms with Crippen LogP contribution in [0.2, 0.25) is 0 Å². The Kier molecular flexibility index (Phi) is 7.59. The first-order valence-electron chi connectivity index (χ1n) is 5.22. The average molecular weight is 372 g/mol. The van der Waals surface area contributed by atoms with Crippen LogP contribution in [0.4, 0.5) is 0 Å². The van der Waals surface area contributed by atoms with E-state index < -0.39 is 36.5 Å². The number of rotatable bonds is 9. The van der Waals surface area contributed by atoms with Crippen molar-refractivity contribution >= 4 is 30.2 Å². The van der Waals surface area contributed by atoms with Crippen LogP contribution in [0.15, 0.2) is 0 Å². The van der Waals surface area contributed by atoms with Gasteiger partial charge in [0.1, 0.15) is 6.35 Å². The Morgan fingerprint density at radius 1 is 0.700 bits per heavy atom. The third kappa shape index (κ3) is 8.89. The fourth-order valence-corrected chi connectivity index (χ4v) is 7.81. The average Bonchev–Trinajstić information content (AvgIpc) is 2.24. The molecule has 20 heavy (non-hydrogen) atoms. The molecule has 0 amide bonds. The molecule has 0 aliphatic carbocycles. The van der Waals surface area contributed by atoms with Crippen LogP contribution in [0.1, 0.15) is 0 Å². The predicted molar refractivity (Wildman–Crippen MR) is 76.3 cm³/mol. The summed E-state index contributed by atoms with van der Waals surface area (Å²) in [5, 5.41) is 0. The number of hydrogen-bond acceptors (Lipinski definition) is 9. The standard InChI is InChI=1S/C7H20O9P4/c1-12-17(3,8)7-14-19(5,10)16-20(6,11)15-18(4,9)13-2/h7H2,1-6H3. The minimum atomic E-state index is -3.95. The van der Waals surface area contributed by atoms with Gasteiger partial charge < -0.3 is 9.05 Å². The van der Waals surface area contributed by atoms with Gasteiger partial charge in [-0.15, -0.1) is 0 Å². The first-order valence-corrected chi connectivity index (χ1v) is 13.4. The second-order valence-corrected chi connectivity index (χ2v) is 13.3. The van der Waals surface area contributed by atoms with Crippen molar-refractivity contribution < 1.29 is 40.5 Å². The van der Waals surface area contributed by atoms with Gasteiger partial charge in [0, 0.05) is 40.9 Å². The van der Waals surface area contributed by atoms with Crippen molar-refractivity contribution in [2.75, 3.05) is 47.2 Å². The summed E-state index contributed by atoms with van der Waals surface area (Å²) in [6, 6.07) is 0. The normalized spacial score (nSPS) is 24.1. The summed E-state index contributed by atoms with van der Waals surface area (Å²) in [5.41, 5.74) is 0. The van der Waals surface area contributed by atoms with E-state index in [1.165, 1.54) is 13.8 Å². The van der Waals surface area contributed by atoms with Gasteiger partial charge in [-0.25, -0.2) is 8.62 Å². The van der Waals surface area contributed by atoms with Crippen LogP contribution in [-0.2, 0) is 40.5 Å². The van der Waals surface area contributed by atoms with Crippen molar-refractivity contribution in [2.45, 2.75) is 0 Å². The summed E-state index contributed by atoms with van der Waals surface area (Å²) in [6.07, 6.45) is -0.481. The molecule has 0 bridgehead atoms. The lowest BCUT2D eigenvalue weighted by Crippen LogP contribution is -1.99. The summed E-state index contributed by atoms with van der Waals surface area (Å²) in [6.45, 7) is 4.36. The quantitative estimate of drug-likeness (QED) is 0.559. The van der Waals surface area contributed by atoms with E-state index in [0.717, 1.165) is 27.1 Å². The molecule has 9 nitrogen and oxygen atoms in total. The van der Waals surface area contributed by atoms with Crippen molar-refractivity contribution in [1.82, 2.24) is 0 Å². The van der Waals surface area contributed by atoms with Gasteiger partial charge in [0.15, 0.2) is 0 Å². The van der Waals surface area contributed by atoms with E-state index in [2.05, 4.69) is 13.4 Å². The molecular weight excluding hydrogens is 352 g/mol. The minimum absolute atomic E-state index is 0.481. The molecule has 0 fully saturated rings. The van der Waals surface area contributed by atoms with Gasteiger partial charge in [-0.05, 0) is 0 Å². The monoisotopic (exact) mass is 372 g/mol. The fourth-order valence-electron chi connectivity index (χ4n) is 0.873. The van der Waals surface area contributed by atoms with E-state index in [-0.39, 0.29) is 0 Å². The van der Waals surface area contributed by atoms with Crippen LogP contribution in [0.3, 0.4) is 0 Å². The maximum Gasteiger partial charge on any atom is 0.341 e. The van der Waals surface area contributed by atoms with Gasteiger partial charge in [-0.1, -0.05) is 0 Å². The van der Waals surface area contributed by atoms with Crippen molar-refractivity contribution in [2.24, 2.45) is 0 Å². The van der Waals surface area contributed by atoms with Crippen LogP contribution in [-0.4, -0.2) is 47.2 Å². The van der Waals surface area contributed by atoms with Crippen molar-refractivity contribution in [1.29, 1.82) is 0 Å². The second kappa shape index (κ2) is 7.32. The zero-order valence-corrected chi connectivity index (χ0v) is 15.7. The highest BCUT2D eigenvalue weighted by atomic mass is 31.3. The highest BCUT2D eigenvalue weighted by Crippen LogP contribution is 2.68. The Balaban J connectivity index is 4.76. The van der Waals surface area contributed by atoms with Gasteiger partial charge in [0.2, 0.25) is 7.37 Å². The first-order chi connectivity index (χ1) is 8.74. The highest BCUT2D eigenvalue weighted by Gasteiger charge is 2.36. The smallest absolute Gasteiger partial charge is 0.330 e. The molecule has 0 rings (SSSR count). The molecule has 0 aliphatic rings. The lowest BCUT2D eigenvalue weighted by atomic mass is 11.7. The Labute approximate surface area is 118 Å². The molecule has 0 heterocycles. The molecule has 4 atom stereocenters. The summed E-state index contributed by atoms with van der Waals surface area (Å²) in [7, 11) is -12.1. The number of hydrogen-bond donors (Lipinski definition) is 0. The zero-order valence-electron chi connectivity index (χ0n) is 12.2. The van der Waals surface area contributed by atoms with Crippen LogP contribution in [0, 0.1) is 0 Å². The molecule has 13 heteroatoms. The van der Waals surface area contributed by atoms with E-state index in [1.54, 1.807) is 0 Å². The minimum Gasteiger partial charge on any atom is -0.330 e. The van der Waals surface area contributed by atoms with Crippen molar-refractivity contribution in [3.8, 4) is 0 Å². The summed E-state index contributed by atoms with van der Waals surface area (Å²) < 4.78 is 70.5. The Hall–Kier alpha value is 0.720. The van der Waals surface area contributed by atoms with E-state index in [1.807, 2.05) is 0 Å². The predicted octanol–water partition coefficient (Wildman–Crippen LogP) is 3.66. The Bertz CT molecular complexity index is 514. The van der Waals surface area contributed by atoms with Crippen LogP contribution in [0.25, 0.3) is 0 Å². The molecule has 0 saturated heterocycles. The largest absolute Gasteiger partial charge is 0.341 e. The van der Waals surface area contributed by atoms with E-state index in [0.29, 0.717) is 0 Å². The van der Waals surface area contributed by atoms with Crippen LogP contribution in [0.5, 0.6) is 0 Å². The molecule has 0 aromatic carbocycles. The fraction of sp³-hybridized carbons (Fsp3) is 1.00. The summed E-state index contributed by atoms with van der Waals surface area (Å²) >= 11 is 0. The van der Waals surface area contributed by atoms with E-state index in [4.69, 9.17) is 8.83 Å². The molecule has 0 spiro atoms. The van der Waals surface area contributed by atoms with Gasteiger partial charge in [-0.3, -0.25) is 22.8 Å². The molecule has 0 aromatic heterocycles. The van der Waals surface area contributed by atoms with Gasteiger partial charge in [0.05, 0.1) is 0 Å². The molecule has 0 saturated carbocycles. The summed E-state index contributed by atoms with van der Waals surface area (Å²) in [4.78, 5) is 0. The first kappa shape index (κ1) is 20.7. The molecular formula is C7H20O9P4. The van der Waals surface area contributed by atoms with Gasteiger partial charge >= 0.3 is 22.8 Å². The maximum absolute atomic E-state index is 12.0. The van der Waals surface area contributed by atoms with E-state index in [9.17, 15) is 18.3 Å². The van der Waals surface area contributed by atoms with Gasteiger partial charge in [-0.2, -0.15) is 0 Å². The second-order valence-electron chi connectivity index (χ2n) is 4.11. The van der Waals surface area contributed by atoms with Crippen LogP contribution < -0.4 is 0 Å². The van der Waals surface area contributed by atoms with Crippen LogP contribution >= 0.6 is 30.2 Å². The SMILES string of the molecule is COP(C)(=O)COP(C)(=O)OP(C)(=O)OP(C)(=O)OC. The lowest BCUT2D eigenvalue weighted by molar-refractivity contribution is 0.268. The molecule has 0 aromatic rings. The third-order valence-corrected chi connectivity index (χ3v) is 9.42. The van der Waals surface area contributed by atoms with Crippen molar-refractivity contribution in [3.63, 3.8) is 0 Å². The summed E-state index contributed by atoms with van der Waals surface area (Å²) in [5.74, 6) is 0.